The number of nitrogens with zero attached hydrogens (tertiary/aromatic N) is 1. The first-order chi connectivity index (χ1) is 4.61. The van der Waals surface area contributed by atoms with Gasteiger partial charge in [0.2, 0.25) is 0 Å². The van der Waals surface area contributed by atoms with Crippen molar-refractivity contribution < 1.29 is 5.21 Å². The van der Waals surface area contributed by atoms with Crippen LogP contribution in [0.2, 0.25) is 0 Å². The van der Waals surface area contributed by atoms with E-state index >= 15 is 0 Å². The van der Waals surface area contributed by atoms with Crippen LogP contribution in [0.25, 0.3) is 0 Å². The summed E-state index contributed by atoms with van der Waals surface area (Å²) in [5.74, 6) is 0. The fourth-order valence-corrected chi connectivity index (χ4v) is 1.18. The normalized spacial score (nSPS) is 9.80. The Hall–Kier alpha value is -0.770. The second kappa shape index (κ2) is 2.46. The van der Waals surface area contributed by atoms with Crippen LogP contribution in [-0.2, 0) is 0 Å². The predicted octanol–water partition coefficient (Wildman–Crippen LogP) is 1.16. The number of aromatic nitrogens is 1. The van der Waals surface area contributed by atoms with E-state index < -0.39 is 0 Å². The van der Waals surface area contributed by atoms with Gasteiger partial charge in [-0.2, -0.15) is 0 Å². The lowest BCUT2D eigenvalue weighted by Crippen LogP contribution is -2.09. The summed E-state index contributed by atoms with van der Waals surface area (Å²) in [6.45, 7) is 1.64. The third-order valence-electron chi connectivity index (χ3n) is 1.15. The van der Waals surface area contributed by atoms with Gasteiger partial charge in [0.25, 0.3) is 0 Å². The number of hydrogen-bond acceptors (Lipinski definition) is 2. The highest BCUT2D eigenvalue weighted by molar-refractivity contribution is 9.10. The number of hydrogen-bond donors (Lipinski definition) is 1. The second-order valence-electron chi connectivity index (χ2n) is 2.00. The molecule has 1 aromatic rings. The standard InChI is InChI=1S/C6H6BrNO2/c1-4-2-8(10)3-5(7)6(4)9/h2-3,10H,1H3. The fraction of sp³-hybridized carbons (Fsp3) is 0.167. The maximum Gasteiger partial charge on any atom is 0.198 e. The molecule has 0 saturated heterocycles. The summed E-state index contributed by atoms with van der Waals surface area (Å²) >= 11 is 3.00. The molecule has 4 heteroatoms. The van der Waals surface area contributed by atoms with Crippen molar-refractivity contribution >= 4 is 15.9 Å². The van der Waals surface area contributed by atoms with E-state index in [0.717, 1.165) is 4.73 Å². The van der Waals surface area contributed by atoms with Crippen molar-refractivity contribution in [2.45, 2.75) is 6.92 Å². The number of aryl methyl sites for hydroxylation is 1. The van der Waals surface area contributed by atoms with E-state index in [1.54, 1.807) is 6.92 Å². The fourth-order valence-electron chi connectivity index (χ4n) is 0.657. The smallest absolute Gasteiger partial charge is 0.198 e. The molecule has 1 N–H and O–H groups in total. The molecule has 0 aliphatic heterocycles. The van der Waals surface area contributed by atoms with Crippen LogP contribution in [0.15, 0.2) is 21.7 Å². The monoisotopic (exact) mass is 203 g/mol. The third-order valence-corrected chi connectivity index (χ3v) is 1.71. The Morgan fingerprint density at radius 1 is 1.60 bits per heavy atom. The van der Waals surface area contributed by atoms with E-state index in [0.29, 0.717) is 10.0 Å². The molecule has 0 spiro atoms. The van der Waals surface area contributed by atoms with Gasteiger partial charge in [-0.1, -0.05) is 0 Å². The van der Waals surface area contributed by atoms with Gasteiger partial charge in [-0.25, -0.2) is 4.73 Å². The van der Waals surface area contributed by atoms with Crippen molar-refractivity contribution in [3.63, 3.8) is 0 Å². The third kappa shape index (κ3) is 1.21. The van der Waals surface area contributed by atoms with Crippen molar-refractivity contribution in [2.75, 3.05) is 0 Å². The molecule has 0 aliphatic rings. The van der Waals surface area contributed by atoms with E-state index in [2.05, 4.69) is 15.9 Å². The summed E-state index contributed by atoms with van der Waals surface area (Å²) < 4.78 is 1.22. The van der Waals surface area contributed by atoms with Crippen LogP contribution in [-0.4, -0.2) is 9.94 Å². The molecular weight excluding hydrogens is 198 g/mol. The van der Waals surface area contributed by atoms with E-state index in [1.165, 1.54) is 12.4 Å². The molecule has 0 atom stereocenters. The molecule has 0 unspecified atom stereocenters. The lowest BCUT2D eigenvalue weighted by molar-refractivity contribution is 0.183. The maximum atomic E-state index is 10.9. The van der Waals surface area contributed by atoms with Crippen molar-refractivity contribution in [3.8, 4) is 0 Å². The highest BCUT2D eigenvalue weighted by Gasteiger charge is 1.98. The van der Waals surface area contributed by atoms with E-state index in [1.807, 2.05) is 0 Å². The first kappa shape index (κ1) is 7.34. The minimum atomic E-state index is -0.0923. The largest absolute Gasteiger partial charge is 0.429 e. The minimum Gasteiger partial charge on any atom is -0.429 e. The van der Waals surface area contributed by atoms with Crippen LogP contribution in [0.3, 0.4) is 0 Å². The van der Waals surface area contributed by atoms with Crippen molar-refractivity contribution in [1.29, 1.82) is 0 Å². The summed E-state index contributed by atoms with van der Waals surface area (Å²) in [5.41, 5.74) is 0.419. The Kier molecular flexibility index (Phi) is 1.80. The molecule has 0 radical (unpaired) electrons. The van der Waals surface area contributed by atoms with Gasteiger partial charge < -0.3 is 5.21 Å². The van der Waals surface area contributed by atoms with Crippen LogP contribution in [0.1, 0.15) is 5.56 Å². The van der Waals surface area contributed by atoms with Gasteiger partial charge in [-0.15, -0.1) is 0 Å². The Morgan fingerprint density at radius 2 is 2.20 bits per heavy atom. The average Bonchev–Trinajstić information content (AvgIpc) is 1.82. The van der Waals surface area contributed by atoms with Crippen LogP contribution in [0.4, 0.5) is 0 Å². The van der Waals surface area contributed by atoms with E-state index in [9.17, 15) is 4.79 Å². The van der Waals surface area contributed by atoms with Gasteiger partial charge in [-0.3, -0.25) is 4.79 Å². The Bertz CT molecular complexity index is 279. The molecular formula is C6H6BrNO2. The van der Waals surface area contributed by atoms with Gasteiger partial charge in [-0.05, 0) is 22.9 Å². The van der Waals surface area contributed by atoms with E-state index in [-0.39, 0.29) is 5.43 Å². The summed E-state index contributed by atoms with van der Waals surface area (Å²) in [6.07, 6.45) is 2.66. The zero-order chi connectivity index (χ0) is 7.72. The number of pyridine rings is 1. The highest BCUT2D eigenvalue weighted by Crippen LogP contribution is 2.01. The van der Waals surface area contributed by atoms with Gasteiger partial charge in [0.1, 0.15) is 0 Å². The van der Waals surface area contributed by atoms with Gasteiger partial charge in [0, 0.05) is 5.56 Å². The molecule has 0 aromatic carbocycles. The lowest BCUT2D eigenvalue weighted by Gasteiger charge is -1.97. The molecule has 1 rings (SSSR count). The Morgan fingerprint density at radius 3 is 2.70 bits per heavy atom. The average molecular weight is 204 g/mol. The maximum absolute atomic E-state index is 10.9. The summed E-state index contributed by atoms with van der Waals surface area (Å²) in [5, 5.41) is 8.87. The zero-order valence-electron chi connectivity index (χ0n) is 5.34. The Labute approximate surface area is 66.0 Å². The molecule has 1 heterocycles. The van der Waals surface area contributed by atoms with Crippen LogP contribution in [0, 0.1) is 6.92 Å². The molecule has 0 saturated carbocycles. The van der Waals surface area contributed by atoms with Crippen molar-refractivity contribution in [1.82, 2.24) is 4.73 Å². The quantitative estimate of drug-likeness (QED) is 0.644. The Balaban J connectivity index is 3.46. The predicted molar refractivity (Wildman–Crippen MR) is 40.3 cm³/mol. The first-order valence-electron chi connectivity index (χ1n) is 2.69. The number of rotatable bonds is 0. The molecule has 0 bridgehead atoms. The van der Waals surface area contributed by atoms with Crippen LogP contribution in [0.5, 0.6) is 0 Å². The topological polar surface area (TPSA) is 42.2 Å². The first-order valence-corrected chi connectivity index (χ1v) is 3.48. The summed E-state index contributed by atoms with van der Waals surface area (Å²) in [7, 11) is 0. The SMILES string of the molecule is Cc1cn(O)cc(Br)c1=O. The highest BCUT2D eigenvalue weighted by atomic mass is 79.9. The molecule has 0 fully saturated rings. The summed E-state index contributed by atoms with van der Waals surface area (Å²) in [4.78, 5) is 10.9. The number of halogens is 1. The van der Waals surface area contributed by atoms with Gasteiger partial charge in [0.05, 0.1) is 16.9 Å². The van der Waals surface area contributed by atoms with Crippen molar-refractivity contribution in [2.24, 2.45) is 0 Å². The molecule has 54 valence electrons. The molecule has 10 heavy (non-hydrogen) atoms. The van der Waals surface area contributed by atoms with Crippen LogP contribution >= 0.6 is 15.9 Å². The lowest BCUT2D eigenvalue weighted by atomic mass is 10.3. The zero-order valence-corrected chi connectivity index (χ0v) is 6.92. The van der Waals surface area contributed by atoms with Gasteiger partial charge in [0.15, 0.2) is 5.43 Å². The minimum absolute atomic E-state index is 0.0923. The van der Waals surface area contributed by atoms with Crippen LogP contribution < -0.4 is 5.43 Å². The molecule has 1 aromatic heterocycles. The van der Waals surface area contributed by atoms with Crippen molar-refractivity contribution in [3.05, 3.63) is 32.7 Å². The van der Waals surface area contributed by atoms with E-state index in [4.69, 9.17) is 5.21 Å². The van der Waals surface area contributed by atoms with Gasteiger partial charge >= 0.3 is 0 Å². The summed E-state index contributed by atoms with van der Waals surface area (Å²) in [6, 6.07) is 0. The second-order valence-corrected chi connectivity index (χ2v) is 2.85. The molecule has 3 nitrogen and oxygen atoms in total. The molecule has 0 aliphatic carbocycles. The molecule has 0 amide bonds.